The van der Waals surface area contributed by atoms with Gasteiger partial charge in [0.15, 0.2) is 0 Å². The summed E-state index contributed by atoms with van der Waals surface area (Å²) in [5, 5.41) is 0. The minimum absolute atomic E-state index is 0. The number of fused-ring (bicyclic) bond motifs is 3. The van der Waals surface area contributed by atoms with Crippen LogP contribution in [0.1, 0.15) is 39.2 Å². The van der Waals surface area contributed by atoms with Crippen LogP contribution in [0.4, 0.5) is 5.69 Å². The molecule has 0 aromatic heterocycles. The van der Waals surface area contributed by atoms with E-state index < -0.39 is 21.3 Å². The van der Waals surface area contributed by atoms with Crippen molar-refractivity contribution in [2.45, 2.75) is 17.0 Å². The summed E-state index contributed by atoms with van der Waals surface area (Å²) < 4.78 is 3.75. The van der Waals surface area contributed by atoms with Gasteiger partial charge in [0.2, 0.25) is 0 Å². The van der Waals surface area contributed by atoms with Crippen LogP contribution in [-0.4, -0.2) is 17.3 Å². The number of benzene rings is 4. The van der Waals surface area contributed by atoms with Gasteiger partial charge >= 0.3 is 224 Å². The van der Waals surface area contributed by atoms with Crippen LogP contribution in [0.25, 0.3) is 11.1 Å². The largest absolute Gasteiger partial charge is 1.00 e. The average molecular weight is 616 g/mol. The molecule has 0 N–H and O–H groups in total. The fourth-order valence-corrected chi connectivity index (χ4v) is 15.0. The van der Waals surface area contributed by atoms with Crippen molar-refractivity contribution in [2.75, 3.05) is 19.0 Å². The van der Waals surface area contributed by atoms with E-state index in [1.165, 1.54) is 44.6 Å². The Morgan fingerprint density at radius 2 is 1.29 bits per heavy atom. The monoisotopic (exact) mass is 613 g/mol. The van der Waals surface area contributed by atoms with Gasteiger partial charge in [-0.15, -0.1) is 0 Å². The fourth-order valence-electron chi connectivity index (χ4n) is 5.81. The van der Waals surface area contributed by atoms with Gasteiger partial charge in [0.05, 0.1) is 0 Å². The molecule has 0 fully saturated rings. The summed E-state index contributed by atoms with van der Waals surface area (Å²) in [6.07, 6.45) is 6.05. The van der Waals surface area contributed by atoms with Crippen LogP contribution >= 0.6 is 0 Å². The number of hydrogen-bond donors (Lipinski definition) is 0. The van der Waals surface area contributed by atoms with Crippen molar-refractivity contribution in [2.24, 2.45) is 0 Å². The Morgan fingerprint density at radius 1 is 0.711 bits per heavy atom. The molecule has 2 aliphatic rings. The molecule has 0 saturated heterocycles. The zero-order valence-corrected chi connectivity index (χ0v) is 25.9. The van der Waals surface area contributed by atoms with Gasteiger partial charge in [0.1, 0.15) is 0 Å². The summed E-state index contributed by atoms with van der Waals surface area (Å²) in [5.41, 5.74) is 11.4. The molecule has 0 bridgehead atoms. The van der Waals surface area contributed by atoms with Crippen LogP contribution < -0.4 is 29.7 Å². The Morgan fingerprint density at radius 3 is 1.87 bits per heavy atom. The SMILES string of the molecule is CC1=CC[C]([Zr+2](=[C](c2ccccc2)c2ccccc2)[CH]2c3ccccc3-c3ccc(N(C)C)cc32)=C1.[Cl-].[Cl-]. The Balaban J connectivity index is 0.00000168. The van der Waals surface area contributed by atoms with Gasteiger partial charge in [0, 0.05) is 0 Å². The van der Waals surface area contributed by atoms with E-state index in [0.29, 0.717) is 3.63 Å². The average Bonchev–Trinajstić information content (AvgIpc) is 3.49. The Labute approximate surface area is 246 Å². The molecule has 0 saturated carbocycles. The van der Waals surface area contributed by atoms with Crippen LogP contribution in [0.2, 0.25) is 0 Å². The quantitative estimate of drug-likeness (QED) is 0.332. The molecule has 190 valence electrons. The summed E-state index contributed by atoms with van der Waals surface area (Å²) >= 11 is -2.59. The van der Waals surface area contributed by atoms with Crippen LogP contribution in [0.5, 0.6) is 0 Å². The number of allylic oxidation sites excluding steroid dienone is 4. The second-order valence-corrected chi connectivity index (χ2v) is 16.3. The Bertz CT molecular complexity index is 1490. The van der Waals surface area contributed by atoms with E-state index in [2.05, 4.69) is 141 Å². The zero-order valence-electron chi connectivity index (χ0n) is 22.0. The number of halogens is 2. The third-order valence-electron chi connectivity index (χ3n) is 7.50. The third-order valence-corrected chi connectivity index (χ3v) is 15.7. The molecule has 4 heteroatoms. The van der Waals surface area contributed by atoms with Crippen molar-refractivity contribution in [1.82, 2.24) is 0 Å². The minimum atomic E-state index is -2.59. The van der Waals surface area contributed by atoms with E-state index in [9.17, 15) is 0 Å². The molecule has 4 aromatic rings. The number of nitrogens with zero attached hydrogens (tertiary/aromatic N) is 1. The summed E-state index contributed by atoms with van der Waals surface area (Å²) in [4.78, 5) is 2.24. The smallest absolute Gasteiger partial charge is 1.00 e. The van der Waals surface area contributed by atoms with Crippen molar-refractivity contribution in [1.29, 1.82) is 0 Å². The third kappa shape index (κ3) is 5.20. The molecule has 0 heterocycles. The van der Waals surface area contributed by atoms with E-state index in [-0.39, 0.29) is 24.8 Å². The minimum Gasteiger partial charge on any atom is -1.00 e. The van der Waals surface area contributed by atoms with Gasteiger partial charge in [-0.1, -0.05) is 0 Å². The maximum absolute atomic E-state index is 2.59. The fraction of sp³-hybridized carbons (Fsp3) is 0.147. The van der Waals surface area contributed by atoms with E-state index >= 15 is 0 Å². The maximum Gasteiger partial charge on any atom is -1.00 e. The van der Waals surface area contributed by atoms with Gasteiger partial charge in [-0.3, -0.25) is 0 Å². The van der Waals surface area contributed by atoms with Crippen molar-refractivity contribution in [3.63, 3.8) is 0 Å². The molecular weight excluding hydrogens is 585 g/mol. The number of anilines is 1. The molecule has 1 atom stereocenters. The predicted octanol–water partition coefficient (Wildman–Crippen LogP) is 1.95. The zero-order chi connectivity index (χ0) is 24.6. The van der Waals surface area contributed by atoms with Crippen molar-refractivity contribution in [3.05, 3.63) is 146 Å². The first-order chi connectivity index (χ1) is 17.6. The second kappa shape index (κ2) is 12.1. The van der Waals surface area contributed by atoms with Gasteiger partial charge in [-0.2, -0.15) is 0 Å². The number of hydrogen-bond acceptors (Lipinski definition) is 1. The van der Waals surface area contributed by atoms with E-state index in [1.807, 2.05) is 0 Å². The molecule has 38 heavy (non-hydrogen) atoms. The van der Waals surface area contributed by atoms with Crippen LogP contribution in [0.3, 0.4) is 0 Å². The predicted molar refractivity (Wildman–Crippen MR) is 151 cm³/mol. The standard InChI is InChI=1S/C15H14N.C13H10.C6H7.2ClH.Zr/c1-16(2)13-7-8-15-12(10-13)9-11-5-3-4-6-14(11)15;1-3-7-12(8-4-1)11-13-9-5-2-6-10-13;1-6-4-2-3-5-6;;;/h3-10H,1-2H3;1-10H;4-5H,2H2,1H3;2*1H;/q;;;;;+2/p-2. The van der Waals surface area contributed by atoms with Gasteiger partial charge in [0.25, 0.3) is 0 Å². The summed E-state index contributed by atoms with van der Waals surface area (Å²) in [6, 6.07) is 38.7. The van der Waals surface area contributed by atoms with E-state index in [4.69, 9.17) is 0 Å². The van der Waals surface area contributed by atoms with Crippen molar-refractivity contribution in [3.8, 4) is 11.1 Å². The first-order valence-corrected chi connectivity index (χ1v) is 16.6. The molecule has 6 rings (SSSR count). The summed E-state index contributed by atoms with van der Waals surface area (Å²) in [7, 11) is 4.30. The second-order valence-electron chi connectivity index (χ2n) is 10.0. The van der Waals surface area contributed by atoms with Crippen molar-refractivity contribution < 1.29 is 46.1 Å². The summed E-state index contributed by atoms with van der Waals surface area (Å²) in [6.45, 7) is 2.26. The van der Waals surface area contributed by atoms with Gasteiger partial charge < -0.3 is 24.8 Å². The molecule has 0 spiro atoms. The normalized spacial score (nSPS) is 14.5. The molecule has 0 amide bonds. The molecule has 2 aliphatic carbocycles. The molecule has 1 unspecified atom stereocenters. The van der Waals surface area contributed by atoms with Gasteiger partial charge in [-0.05, 0) is 0 Å². The molecule has 4 aromatic carbocycles. The van der Waals surface area contributed by atoms with E-state index in [1.54, 1.807) is 6.49 Å². The Kier molecular flexibility index (Phi) is 9.09. The summed E-state index contributed by atoms with van der Waals surface area (Å²) in [5.74, 6) is 0. The Hall–Kier alpha value is -2.51. The van der Waals surface area contributed by atoms with Crippen LogP contribution in [-0.2, 0) is 21.3 Å². The van der Waals surface area contributed by atoms with Crippen LogP contribution in [0.15, 0.2) is 124 Å². The first-order valence-electron chi connectivity index (χ1n) is 12.7. The van der Waals surface area contributed by atoms with Gasteiger partial charge in [-0.25, -0.2) is 0 Å². The molecular formula is C34H31Cl2NZr. The number of rotatable bonds is 5. The topological polar surface area (TPSA) is 3.24 Å². The molecule has 0 aliphatic heterocycles. The van der Waals surface area contributed by atoms with Crippen LogP contribution in [0, 0.1) is 0 Å². The maximum atomic E-state index is 2.52. The first kappa shape index (κ1) is 28.5. The molecule has 1 nitrogen and oxygen atoms in total. The molecule has 0 radical (unpaired) electrons. The van der Waals surface area contributed by atoms with Crippen molar-refractivity contribution >= 4 is 8.89 Å². The van der Waals surface area contributed by atoms with E-state index in [0.717, 1.165) is 6.42 Å².